The monoisotopic (exact) mass is 464 g/mol. The van der Waals surface area contributed by atoms with Crippen LogP contribution in [0.25, 0.3) is 16.4 Å². The molecule has 0 radical (unpaired) electrons. The highest BCUT2D eigenvalue weighted by Crippen LogP contribution is 2.35. The third-order valence-corrected chi connectivity index (χ3v) is 7.56. The molecule has 3 heterocycles. The summed E-state index contributed by atoms with van der Waals surface area (Å²) in [4.78, 5) is 13.9. The molecule has 9 heteroatoms. The first-order valence-electron chi connectivity index (χ1n) is 10.7. The molecule has 0 unspecified atom stereocenters. The van der Waals surface area contributed by atoms with Gasteiger partial charge in [-0.3, -0.25) is 4.79 Å². The number of carbonyl (C=O) groups is 1. The van der Waals surface area contributed by atoms with Gasteiger partial charge in [0.1, 0.15) is 5.82 Å². The molecule has 0 atom stereocenters. The molecule has 0 bridgehead atoms. The van der Waals surface area contributed by atoms with Crippen LogP contribution in [0, 0.1) is 0 Å². The molecule has 1 aliphatic carbocycles. The molecule has 1 aromatic carbocycles. The van der Waals surface area contributed by atoms with E-state index >= 15 is 0 Å². The fourth-order valence-electron chi connectivity index (χ4n) is 4.05. The zero-order valence-corrected chi connectivity index (χ0v) is 19.4. The number of amides is 1. The Morgan fingerprint density at radius 1 is 1.16 bits per heavy atom. The van der Waals surface area contributed by atoms with E-state index in [1.165, 1.54) is 24.6 Å². The first kappa shape index (κ1) is 21.0. The van der Waals surface area contributed by atoms with E-state index in [9.17, 15) is 4.79 Å². The molecule has 0 spiro atoms. The van der Waals surface area contributed by atoms with E-state index in [0.717, 1.165) is 34.9 Å². The van der Waals surface area contributed by atoms with Gasteiger partial charge in [-0.05, 0) is 36.4 Å². The lowest BCUT2D eigenvalue weighted by Gasteiger charge is -2.09. The fourth-order valence-corrected chi connectivity index (χ4v) is 5.50. The third kappa shape index (κ3) is 4.35. The molecule has 1 amide bonds. The van der Waals surface area contributed by atoms with E-state index in [4.69, 9.17) is 5.10 Å². The summed E-state index contributed by atoms with van der Waals surface area (Å²) in [7, 11) is 1.92. The Morgan fingerprint density at radius 2 is 1.97 bits per heavy atom. The summed E-state index contributed by atoms with van der Waals surface area (Å²) in [6, 6.07) is 16.0. The van der Waals surface area contributed by atoms with Crippen LogP contribution in [-0.2, 0) is 11.8 Å². The smallest absolute Gasteiger partial charge is 0.236 e. The van der Waals surface area contributed by atoms with Gasteiger partial charge in [-0.15, -0.1) is 21.5 Å². The molecule has 1 N–H and O–H groups in total. The maximum Gasteiger partial charge on any atom is 0.236 e. The predicted octanol–water partition coefficient (Wildman–Crippen LogP) is 5.12. The number of hydrogen-bond donors (Lipinski definition) is 1. The van der Waals surface area contributed by atoms with Gasteiger partial charge in [0.15, 0.2) is 11.0 Å². The predicted molar refractivity (Wildman–Crippen MR) is 128 cm³/mol. The highest BCUT2D eigenvalue weighted by atomic mass is 32.2. The van der Waals surface area contributed by atoms with Crippen LogP contribution in [0.3, 0.4) is 0 Å². The van der Waals surface area contributed by atoms with Gasteiger partial charge in [0, 0.05) is 19.0 Å². The summed E-state index contributed by atoms with van der Waals surface area (Å²) in [5.41, 5.74) is 2.00. The average Bonchev–Trinajstić information content (AvgIpc) is 3.60. The lowest BCUT2D eigenvalue weighted by atomic mass is 10.0. The molecule has 7 nitrogen and oxygen atoms in total. The molecule has 164 valence electrons. The van der Waals surface area contributed by atoms with Crippen molar-refractivity contribution in [2.24, 2.45) is 7.05 Å². The average molecular weight is 465 g/mol. The number of nitrogens with zero attached hydrogens (tertiary/aromatic N) is 5. The summed E-state index contributed by atoms with van der Waals surface area (Å²) >= 11 is 3.00. The normalized spacial score (nSPS) is 14.2. The van der Waals surface area contributed by atoms with Gasteiger partial charge < -0.3 is 9.88 Å². The second kappa shape index (κ2) is 9.30. The van der Waals surface area contributed by atoms with Crippen molar-refractivity contribution >= 4 is 34.8 Å². The van der Waals surface area contributed by atoms with Crippen molar-refractivity contribution in [1.82, 2.24) is 24.5 Å². The number of thioether (sulfide) groups is 1. The Bertz CT molecular complexity index is 1190. The number of carbonyl (C=O) groups excluding carboxylic acids is 1. The Morgan fingerprint density at radius 3 is 2.72 bits per heavy atom. The number of aromatic nitrogens is 5. The molecule has 4 aromatic rings. The van der Waals surface area contributed by atoms with Gasteiger partial charge in [0.05, 0.1) is 22.0 Å². The quantitative estimate of drug-likeness (QED) is 0.384. The molecule has 5 rings (SSSR count). The molecule has 1 aliphatic rings. The van der Waals surface area contributed by atoms with Gasteiger partial charge in [0.2, 0.25) is 5.91 Å². The fraction of sp³-hybridized carbons (Fsp3) is 0.304. The van der Waals surface area contributed by atoms with E-state index in [-0.39, 0.29) is 11.7 Å². The Balaban J connectivity index is 1.31. The number of anilines is 1. The maximum absolute atomic E-state index is 12.8. The van der Waals surface area contributed by atoms with Crippen molar-refractivity contribution in [1.29, 1.82) is 0 Å². The molecule has 1 fully saturated rings. The SMILES string of the molecule is Cn1c(SCC(=O)Nc2cc(C3CCCC3)nn2-c2ccccc2)nnc1-c1cccs1. The highest BCUT2D eigenvalue weighted by molar-refractivity contribution is 7.99. The summed E-state index contributed by atoms with van der Waals surface area (Å²) in [6.07, 6.45) is 4.81. The Labute approximate surface area is 194 Å². The van der Waals surface area contributed by atoms with Crippen molar-refractivity contribution in [2.75, 3.05) is 11.1 Å². The van der Waals surface area contributed by atoms with E-state index in [0.29, 0.717) is 16.9 Å². The molecular weight excluding hydrogens is 440 g/mol. The van der Waals surface area contributed by atoms with Crippen molar-refractivity contribution in [3.05, 3.63) is 59.6 Å². The third-order valence-electron chi connectivity index (χ3n) is 5.68. The van der Waals surface area contributed by atoms with E-state index in [1.54, 1.807) is 11.3 Å². The largest absolute Gasteiger partial charge is 0.310 e. The number of thiophene rings is 1. The number of hydrogen-bond acceptors (Lipinski definition) is 6. The first-order valence-corrected chi connectivity index (χ1v) is 12.6. The van der Waals surface area contributed by atoms with Gasteiger partial charge in [-0.1, -0.05) is 48.9 Å². The van der Waals surface area contributed by atoms with Crippen LogP contribution >= 0.6 is 23.1 Å². The van der Waals surface area contributed by atoms with E-state index in [1.807, 2.05) is 70.2 Å². The number of benzene rings is 1. The van der Waals surface area contributed by atoms with Crippen LogP contribution in [0.15, 0.2) is 59.1 Å². The molecule has 0 saturated heterocycles. The van der Waals surface area contributed by atoms with Crippen LogP contribution in [0.4, 0.5) is 5.82 Å². The van der Waals surface area contributed by atoms with Crippen LogP contribution < -0.4 is 5.32 Å². The van der Waals surface area contributed by atoms with Crippen LogP contribution in [0.2, 0.25) is 0 Å². The minimum absolute atomic E-state index is 0.0919. The van der Waals surface area contributed by atoms with Crippen LogP contribution in [-0.4, -0.2) is 36.2 Å². The molecule has 3 aromatic heterocycles. The van der Waals surface area contributed by atoms with E-state index in [2.05, 4.69) is 15.5 Å². The van der Waals surface area contributed by atoms with Crippen molar-refractivity contribution < 1.29 is 4.79 Å². The maximum atomic E-state index is 12.8. The van der Waals surface area contributed by atoms with Gasteiger partial charge in [-0.2, -0.15) is 5.10 Å². The van der Waals surface area contributed by atoms with Crippen molar-refractivity contribution in [2.45, 2.75) is 36.8 Å². The Kier molecular flexibility index (Phi) is 6.09. The van der Waals surface area contributed by atoms with Crippen molar-refractivity contribution in [3.8, 4) is 16.4 Å². The zero-order chi connectivity index (χ0) is 21.9. The first-order chi connectivity index (χ1) is 15.7. The second-order valence-electron chi connectivity index (χ2n) is 7.86. The minimum Gasteiger partial charge on any atom is -0.310 e. The van der Waals surface area contributed by atoms with Crippen LogP contribution in [0.1, 0.15) is 37.3 Å². The van der Waals surface area contributed by atoms with Gasteiger partial charge in [-0.25, -0.2) is 4.68 Å². The van der Waals surface area contributed by atoms with E-state index < -0.39 is 0 Å². The van der Waals surface area contributed by atoms with Gasteiger partial charge >= 0.3 is 0 Å². The highest BCUT2D eigenvalue weighted by Gasteiger charge is 2.23. The van der Waals surface area contributed by atoms with Crippen LogP contribution in [0.5, 0.6) is 0 Å². The topological polar surface area (TPSA) is 77.6 Å². The standard InChI is InChI=1S/C23H24N6OS2/c1-28-22(19-12-7-13-31-19)25-26-23(28)32-15-21(30)24-20-14-18(16-8-5-6-9-16)27-29(20)17-10-3-2-4-11-17/h2-4,7,10-14,16H,5-6,8-9,15H2,1H3,(H,24,30). The number of nitrogens with one attached hydrogen (secondary N) is 1. The second-order valence-corrected chi connectivity index (χ2v) is 9.75. The molecule has 32 heavy (non-hydrogen) atoms. The van der Waals surface area contributed by atoms with Crippen molar-refractivity contribution in [3.63, 3.8) is 0 Å². The number of rotatable bonds is 7. The summed E-state index contributed by atoms with van der Waals surface area (Å²) in [6.45, 7) is 0. The Hall–Kier alpha value is -2.91. The summed E-state index contributed by atoms with van der Waals surface area (Å²) in [5, 5.41) is 19.2. The lowest BCUT2D eigenvalue weighted by molar-refractivity contribution is -0.113. The summed E-state index contributed by atoms with van der Waals surface area (Å²) < 4.78 is 3.77. The molecular formula is C23H24N6OS2. The lowest BCUT2D eigenvalue weighted by Crippen LogP contribution is -2.17. The molecule has 1 saturated carbocycles. The summed E-state index contributed by atoms with van der Waals surface area (Å²) in [5.74, 6) is 2.15. The number of para-hydroxylation sites is 1. The zero-order valence-electron chi connectivity index (χ0n) is 17.8. The molecule has 0 aliphatic heterocycles. The minimum atomic E-state index is -0.0919. The van der Waals surface area contributed by atoms with Gasteiger partial charge in [0.25, 0.3) is 0 Å².